The van der Waals surface area contributed by atoms with E-state index in [9.17, 15) is 5.26 Å². The minimum Gasteiger partial charge on any atom is -0.365 e. The minimum absolute atomic E-state index is 0.268. The molecule has 2 rings (SSSR count). The summed E-state index contributed by atoms with van der Waals surface area (Å²) in [5.41, 5.74) is 3.34. The number of rotatable bonds is 3. The van der Waals surface area contributed by atoms with Crippen LogP contribution in [0.4, 0.5) is 5.69 Å². The van der Waals surface area contributed by atoms with Crippen molar-refractivity contribution in [1.82, 2.24) is 0 Å². The van der Waals surface area contributed by atoms with Gasteiger partial charge in [-0.2, -0.15) is 5.26 Å². The zero-order valence-corrected chi connectivity index (χ0v) is 10.7. The van der Waals surface area contributed by atoms with Gasteiger partial charge in [-0.25, -0.2) is 0 Å². The van der Waals surface area contributed by atoms with Gasteiger partial charge in [0.1, 0.15) is 6.04 Å². The lowest BCUT2D eigenvalue weighted by Gasteiger charge is -2.14. The zero-order chi connectivity index (χ0) is 12.3. The molecule has 0 bridgehead atoms. The number of aryl methyl sites for hydroxylation is 2. The first kappa shape index (κ1) is 11.7. The van der Waals surface area contributed by atoms with Crippen molar-refractivity contribution in [2.24, 2.45) is 0 Å². The van der Waals surface area contributed by atoms with Crippen molar-refractivity contribution in [1.29, 1.82) is 5.26 Å². The standard InChI is InChI=1S/C14H14N2S/c1-10-5-3-4-6-12(10)16-13(9-15)14-11(2)7-8-17-14/h3-8,13,16H,1-2H3. The molecule has 1 atom stereocenters. The molecule has 1 N–H and O–H groups in total. The Morgan fingerprint density at radius 2 is 1.94 bits per heavy atom. The van der Waals surface area contributed by atoms with E-state index in [1.165, 1.54) is 5.56 Å². The molecule has 0 spiro atoms. The SMILES string of the molecule is Cc1ccccc1NC(C#N)c1sccc1C. The van der Waals surface area contributed by atoms with Crippen molar-refractivity contribution in [3.63, 3.8) is 0 Å². The summed E-state index contributed by atoms with van der Waals surface area (Å²) in [6, 6.07) is 12.1. The summed E-state index contributed by atoms with van der Waals surface area (Å²) in [7, 11) is 0. The number of hydrogen-bond acceptors (Lipinski definition) is 3. The van der Waals surface area contributed by atoms with Gasteiger partial charge < -0.3 is 5.32 Å². The predicted octanol–water partition coefficient (Wildman–Crippen LogP) is 4.04. The van der Waals surface area contributed by atoms with Crippen LogP contribution in [-0.2, 0) is 0 Å². The van der Waals surface area contributed by atoms with E-state index < -0.39 is 0 Å². The van der Waals surface area contributed by atoms with Crippen LogP contribution < -0.4 is 5.32 Å². The Hall–Kier alpha value is -1.79. The van der Waals surface area contributed by atoms with Gasteiger partial charge in [0.05, 0.1) is 6.07 Å². The van der Waals surface area contributed by atoms with Gasteiger partial charge >= 0.3 is 0 Å². The number of hydrogen-bond donors (Lipinski definition) is 1. The predicted molar refractivity (Wildman–Crippen MR) is 72.2 cm³/mol. The molecule has 1 unspecified atom stereocenters. The highest BCUT2D eigenvalue weighted by Gasteiger charge is 2.14. The van der Waals surface area contributed by atoms with E-state index in [0.717, 1.165) is 16.1 Å². The third kappa shape index (κ3) is 2.48. The molecule has 86 valence electrons. The largest absolute Gasteiger partial charge is 0.365 e. The molecule has 0 aliphatic rings. The van der Waals surface area contributed by atoms with E-state index in [1.807, 2.05) is 49.6 Å². The first-order valence-corrected chi connectivity index (χ1v) is 6.36. The normalized spacial score (nSPS) is 11.8. The number of nitrogens with one attached hydrogen (secondary N) is 1. The van der Waals surface area contributed by atoms with Crippen molar-refractivity contribution in [2.75, 3.05) is 5.32 Å². The average Bonchev–Trinajstić information content (AvgIpc) is 2.75. The second kappa shape index (κ2) is 5.03. The zero-order valence-electron chi connectivity index (χ0n) is 9.90. The van der Waals surface area contributed by atoms with Crippen LogP contribution in [-0.4, -0.2) is 0 Å². The topological polar surface area (TPSA) is 35.8 Å². The van der Waals surface area contributed by atoms with Crippen molar-refractivity contribution >= 4 is 17.0 Å². The number of nitriles is 1. The van der Waals surface area contributed by atoms with E-state index in [0.29, 0.717) is 0 Å². The second-order valence-corrected chi connectivity index (χ2v) is 4.94. The van der Waals surface area contributed by atoms with Crippen molar-refractivity contribution in [2.45, 2.75) is 19.9 Å². The lowest BCUT2D eigenvalue weighted by Crippen LogP contribution is -2.08. The molecule has 0 saturated heterocycles. The van der Waals surface area contributed by atoms with Crippen LogP contribution in [0.3, 0.4) is 0 Å². The highest BCUT2D eigenvalue weighted by Crippen LogP contribution is 2.27. The van der Waals surface area contributed by atoms with Gasteiger partial charge in [0, 0.05) is 10.6 Å². The lowest BCUT2D eigenvalue weighted by molar-refractivity contribution is 1.01. The van der Waals surface area contributed by atoms with Gasteiger partial charge in [-0.3, -0.25) is 0 Å². The Balaban J connectivity index is 2.26. The van der Waals surface area contributed by atoms with Crippen LogP contribution in [0.5, 0.6) is 0 Å². The summed E-state index contributed by atoms with van der Waals surface area (Å²) in [5.74, 6) is 0. The maximum Gasteiger partial charge on any atom is 0.149 e. The van der Waals surface area contributed by atoms with E-state index in [4.69, 9.17) is 0 Å². The number of benzene rings is 1. The molecule has 0 aliphatic heterocycles. The van der Waals surface area contributed by atoms with Gasteiger partial charge in [0.25, 0.3) is 0 Å². The summed E-state index contributed by atoms with van der Waals surface area (Å²) >= 11 is 1.62. The van der Waals surface area contributed by atoms with Crippen LogP contribution in [0.1, 0.15) is 22.0 Å². The molecule has 3 heteroatoms. The maximum absolute atomic E-state index is 9.27. The van der Waals surface area contributed by atoms with Crippen molar-refractivity contribution in [3.8, 4) is 6.07 Å². The molecule has 0 fully saturated rings. The number of nitrogens with zero attached hydrogens (tertiary/aromatic N) is 1. The molecular weight excluding hydrogens is 228 g/mol. The quantitative estimate of drug-likeness (QED) is 0.881. The summed E-state index contributed by atoms with van der Waals surface area (Å²) in [6.07, 6.45) is 0. The highest BCUT2D eigenvalue weighted by molar-refractivity contribution is 7.10. The van der Waals surface area contributed by atoms with Crippen molar-refractivity contribution in [3.05, 3.63) is 51.7 Å². The maximum atomic E-state index is 9.27. The third-order valence-corrected chi connectivity index (χ3v) is 3.82. The van der Waals surface area contributed by atoms with E-state index in [-0.39, 0.29) is 6.04 Å². The van der Waals surface area contributed by atoms with Crippen LogP contribution >= 0.6 is 11.3 Å². The second-order valence-electron chi connectivity index (χ2n) is 3.99. The molecule has 0 radical (unpaired) electrons. The van der Waals surface area contributed by atoms with E-state index in [1.54, 1.807) is 11.3 Å². The third-order valence-electron chi connectivity index (χ3n) is 2.74. The number of para-hydroxylation sites is 1. The van der Waals surface area contributed by atoms with Gasteiger partial charge in [-0.15, -0.1) is 11.3 Å². The Morgan fingerprint density at radius 1 is 1.18 bits per heavy atom. The van der Waals surface area contributed by atoms with Crippen LogP contribution in [0.2, 0.25) is 0 Å². The van der Waals surface area contributed by atoms with Gasteiger partial charge in [-0.1, -0.05) is 18.2 Å². The molecule has 0 amide bonds. The number of thiophene rings is 1. The number of anilines is 1. The van der Waals surface area contributed by atoms with Crippen LogP contribution in [0.25, 0.3) is 0 Å². The molecule has 1 aromatic carbocycles. The highest BCUT2D eigenvalue weighted by atomic mass is 32.1. The molecule has 2 aromatic rings. The first-order valence-electron chi connectivity index (χ1n) is 5.48. The minimum atomic E-state index is -0.268. The monoisotopic (exact) mass is 242 g/mol. The fourth-order valence-corrected chi connectivity index (χ4v) is 2.65. The summed E-state index contributed by atoms with van der Waals surface area (Å²) in [5, 5.41) is 14.6. The fraction of sp³-hybridized carbons (Fsp3) is 0.214. The molecule has 1 aromatic heterocycles. The molecular formula is C14H14N2S. The Labute approximate surface area is 106 Å². The van der Waals surface area contributed by atoms with Crippen LogP contribution in [0, 0.1) is 25.2 Å². The molecule has 17 heavy (non-hydrogen) atoms. The molecule has 1 heterocycles. The Morgan fingerprint density at radius 3 is 2.53 bits per heavy atom. The average molecular weight is 242 g/mol. The van der Waals surface area contributed by atoms with Crippen LogP contribution in [0.15, 0.2) is 35.7 Å². The fourth-order valence-electron chi connectivity index (χ4n) is 1.73. The van der Waals surface area contributed by atoms with E-state index in [2.05, 4.69) is 11.4 Å². The summed E-state index contributed by atoms with van der Waals surface area (Å²) in [4.78, 5) is 1.09. The van der Waals surface area contributed by atoms with Gasteiger partial charge in [0.2, 0.25) is 0 Å². The summed E-state index contributed by atoms with van der Waals surface area (Å²) < 4.78 is 0. The lowest BCUT2D eigenvalue weighted by atomic mass is 10.1. The molecule has 0 saturated carbocycles. The Bertz CT molecular complexity index is 551. The Kier molecular flexibility index (Phi) is 3.46. The van der Waals surface area contributed by atoms with Gasteiger partial charge in [-0.05, 0) is 42.5 Å². The van der Waals surface area contributed by atoms with Crippen molar-refractivity contribution < 1.29 is 0 Å². The summed E-state index contributed by atoms with van der Waals surface area (Å²) in [6.45, 7) is 4.08. The smallest absolute Gasteiger partial charge is 0.149 e. The first-order chi connectivity index (χ1) is 8.22. The molecule has 0 aliphatic carbocycles. The van der Waals surface area contributed by atoms with E-state index >= 15 is 0 Å². The molecule has 2 nitrogen and oxygen atoms in total. The van der Waals surface area contributed by atoms with Gasteiger partial charge in [0.15, 0.2) is 0 Å².